The second kappa shape index (κ2) is 5.27. The fourth-order valence-corrected chi connectivity index (χ4v) is 2.69. The molecule has 3 heteroatoms. The first-order chi connectivity index (χ1) is 9.24. The summed E-state index contributed by atoms with van der Waals surface area (Å²) in [4.78, 5) is 4.32. The second-order valence-corrected chi connectivity index (χ2v) is 5.66. The molecule has 2 nitrogen and oxygen atoms in total. The number of hydrogen-bond donors (Lipinski definition) is 1. The van der Waals surface area contributed by atoms with Gasteiger partial charge in [-0.1, -0.05) is 30.3 Å². The van der Waals surface area contributed by atoms with E-state index in [-0.39, 0.29) is 0 Å². The van der Waals surface area contributed by atoms with Crippen LogP contribution in [0.1, 0.15) is 17.2 Å². The van der Waals surface area contributed by atoms with E-state index in [4.69, 9.17) is 0 Å². The summed E-state index contributed by atoms with van der Waals surface area (Å²) in [5, 5.41) is 11.5. The Labute approximate surface area is 125 Å². The number of rotatable bonds is 2. The van der Waals surface area contributed by atoms with E-state index in [0.717, 1.165) is 25.6 Å². The highest BCUT2D eigenvalue weighted by molar-refractivity contribution is 14.1. The van der Waals surface area contributed by atoms with Crippen LogP contribution < -0.4 is 0 Å². The zero-order valence-corrected chi connectivity index (χ0v) is 12.3. The summed E-state index contributed by atoms with van der Waals surface area (Å²) in [5.41, 5.74) is 2.68. The highest BCUT2D eigenvalue weighted by atomic mass is 127. The zero-order chi connectivity index (χ0) is 13.2. The summed E-state index contributed by atoms with van der Waals surface area (Å²) in [7, 11) is 0. The molecule has 0 amide bonds. The maximum absolute atomic E-state index is 10.4. The monoisotopic (exact) mass is 361 g/mol. The van der Waals surface area contributed by atoms with Crippen LogP contribution in [-0.4, -0.2) is 10.1 Å². The van der Waals surface area contributed by atoms with E-state index in [9.17, 15) is 5.11 Å². The molecule has 0 aliphatic heterocycles. The molecular formula is C16H12INO. The normalized spacial score (nSPS) is 12.5. The average molecular weight is 361 g/mol. The minimum atomic E-state index is -0.610. The van der Waals surface area contributed by atoms with E-state index in [1.807, 2.05) is 54.6 Å². The van der Waals surface area contributed by atoms with Gasteiger partial charge in [-0.3, -0.25) is 4.98 Å². The molecule has 1 N–H and O–H groups in total. The Bertz CT molecular complexity index is 727. The van der Waals surface area contributed by atoms with Crippen molar-refractivity contribution in [3.8, 4) is 0 Å². The third kappa shape index (κ3) is 2.62. The molecule has 0 bridgehead atoms. The average Bonchev–Trinajstić information content (AvgIpc) is 2.46. The van der Waals surface area contributed by atoms with Gasteiger partial charge < -0.3 is 5.11 Å². The molecule has 1 aromatic heterocycles. The van der Waals surface area contributed by atoms with Crippen molar-refractivity contribution in [2.45, 2.75) is 6.10 Å². The summed E-state index contributed by atoms with van der Waals surface area (Å²) in [5.74, 6) is 0. The Morgan fingerprint density at radius 3 is 2.63 bits per heavy atom. The van der Waals surface area contributed by atoms with E-state index >= 15 is 0 Å². The van der Waals surface area contributed by atoms with Crippen LogP contribution in [0.15, 0.2) is 60.8 Å². The first-order valence-electron chi connectivity index (χ1n) is 6.02. The van der Waals surface area contributed by atoms with Crippen molar-refractivity contribution in [3.63, 3.8) is 0 Å². The summed E-state index contributed by atoms with van der Waals surface area (Å²) in [6, 6.07) is 17.7. The van der Waals surface area contributed by atoms with Crippen LogP contribution in [0.25, 0.3) is 10.9 Å². The number of pyridine rings is 1. The van der Waals surface area contributed by atoms with Crippen LogP contribution >= 0.6 is 22.6 Å². The zero-order valence-electron chi connectivity index (χ0n) is 10.1. The van der Waals surface area contributed by atoms with Gasteiger partial charge in [0, 0.05) is 15.2 Å². The van der Waals surface area contributed by atoms with Crippen molar-refractivity contribution in [1.29, 1.82) is 0 Å². The number of nitrogens with zero attached hydrogens (tertiary/aromatic N) is 1. The van der Waals surface area contributed by atoms with Crippen molar-refractivity contribution in [2.24, 2.45) is 0 Å². The van der Waals surface area contributed by atoms with Gasteiger partial charge in [-0.15, -0.1) is 0 Å². The minimum Gasteiger partial charge on any atom is -0.384 e. The molecule has 0 aliphatic carbocycles. The van der Waals surface area contributed by atoms with E-state index in [1.54, 1.807) is 6.20 Å². The van der Waals surface area contributed by atoms with Crippen LogP contribution in [0.3, 0.4) is 0 Å². The van der Waals surface area contributed by atoms with Gasteiger partial charge in [0.25, 0.3) is 0 Å². The molecule has 1 heterocycles. The Morgan fingerprint density at radius 1 is 0.947 bits per heavy atom. The Hall–Kier alpha value is -1.46. The molecule has 3 aromatic rings. The Morgan fingerprint density at radius 2 is 1.79 bits per heavy atom. The van der Waals surface area contributed by atoms with Gasteiger partial charge in [-0.05, 0) is 58.0 Å². The van der Waals surface area contributed by atoms with Gasteiger partial charge in [0.1, 0.15) is 6.10 Å². The molecule has 19 heavy (non-hydrogen) atoms. The van der Waals surface area contributed by atoms with Crippen LogP contribution in [0, 0.1) is 3.57 Å². The van der Waals surface area contributed by atoms with Crippen molar-refractivity contribution in [2.75, 3.05) is 0 Å². The summed E-state index contributed by atoms with van der Waals surface area (Å²) in [6.45, 7) is 0. The SMILES string of the molecule is OC(c1cccc(I)c1)c1ccc2cccnc2c1. The lowest BCUT2D eigenvalue weighted by molar-refractivity contribution is 0.220. The van der Waals surface area contributed by atoms with Gasteiger partial charge in [0.05, 0.1) is 5.52 Å². The molecule has 0 radical (unpaired) electrons. The summed E-state index contributed by atoms with van der Waals surface area (Å²) in [6.07, 6.45) is 1.16. The first-order valence-corrected chi connectivity index (χ1v) is 7.10. The van der Waals surface area contributed by atoms with Crippen molar-refractivity contribution < 1.29 is 5.11 Å². The van der Waals surface area contributed by atoms with Crippen molar-refractivity contribution in [3.05, 3.63) is 75.5 Å². The standard InChI is InChI=1S/C16H12INO/c17-14-5-1-3-12(9-14)16(19)13-7-6-11-4-2-8-18-15(11)10-13/h1-10,16,19H. The molecule has 0 fully saturated rings. The summed E-state index contributed by atoms with van der Waals surface area (Å²) >= 11 is 2.25. The van der Waals surface area contributed by atoms with Gasteiger partial charge in [-0.2, -0.15) is 0 Å². The summed E-state index contributed by atoms with van der Waals surface area (Å²) < 4.78 is 1.12. The smallest absolute Gasteiger partial charge is 0.104 e. The van der Waals surface area contributed by atoms with Crippen LogP contribution in [0.2, 0.25) is 0 Å². The molecule has 94 valence electrons. The largest absolute Gasteiger partial charge is 0.384 e. The number of aliphatic hydroxyl groups is 1. The topological polar surface area (TPSA) is 33.1 Å². The van der Waals surface area contributed by atoms with Gasteiger partial charge in [0.2, 0.25) is 0 Å². The predicted molar refractivity (Wildman–Crippen MR) is 85.0 cm³/mol. The number of aliphatic hydroxyl groups excluding tert-OH is 1. The van der Waals surface area contributed by atoms with Gasteiger partial charge in [0.15, 0.2) is 0 Å². The van der Waals surface area contributed by atoms with Crippen molar-refractivity contribution in [1.82, 2.24) is 4.98 Å². The lowest BCUT2D eigenvalue weighted by Crippen LogP contribution is -2.00. The first kappa shape index (κ1) is 12.6. The second-order valence-electron chi connectivity index (χ2n) is 4.41. The number of halogens is 1. The van der Waals surface area contributed by atoms with E-state index in [1.165, 1.54) is 0 Å². The van der Waals surface area contributed by atoms with Crippen molar-refractivity contribution >= 4 is 33.5 Å². The lowest BCUT2D eigenvalue weighted by atomic mass is 10.0. The van der Waals surface area contributed by atoms with Gasteiger partial charge in [-0.25, -0.2) is 0 Å². The lowest BCUT2D eigenvalue weighted by Gasteiger charge is -2.12. The number of benzene rings is 2. The molecule has 0 spiro atoms. The molecule has 1 unspecified atom stereocenters. The highest BCUT2D eigenvalue weighted by Gasteiger charge is 2.11. The fraction of sp³-hybridized carbons (Fsp3) is 0.0625. The van der Waals surface area contributed by atoms with Gasteiger partial charge >= 0.3 is 0 Å². The van der Waals surface area contributed by atoms with Crippen LogP contribution in [0.5, 0.6) is 0 Å². The van der Waals surface area contributed by atoms with E-state index < -0.39 is 6.10 Å². The van der Waals surface area contributed by atoms with E-state index in [2.05, 4.69) is 27.6 Å². The Balaban J connectivity index is 2.04. The maximum Gasteiger partial charge on any atom is 0.104 e. The molecule has 1 atom stereocenters. The predicted octanol–water partition coefficient (Wildman–Crippen LogP) is 3.92. The molecule has 0 saturated carbocycles. The number of hydrogen-bond acceptors (Lipinski definition) is 2. The minimum absolute atomic E-state index is 0.610. The van der Waals surface area contributed by atoms with E-state index in [0.29, 0.717) is 0 Å². The fourth-order valence-electron chi connectivity index (χ4n) is 2.12. The Kier molecular flexibility index (Phi) is 3.48. The van der Waals surface area contributed by atoms with Crippen LogP contribution in [0.4, 0.5) is 0 Å². The molecule has 3 rings (SSSR count). The van der Waals surface area contributed by atoms with Crippen LogP contribution in [-0.2, 0) is 0 Å². The molecule has 2 aromatic carbocycles. The number of aromatic nitrogens is 1. The molecule has 0 saturated heterocycles. The third-order valence-corrected chi connectivity index (χ3v) is 3.78. The third-order valence-electron chi connectivity index (χ3n) is 3.11. The number of fused-ring (bicyclic) bond motifs is 1. The maximum atomic E-state index is 10.4. The molecular weight excluding hydrogens is 349 g/mol. The highest BCUT2D eigenvalue weighted by Crippen LogP contribution is 2.25. The quantitative estimate of drug-likeness (QED) is 0.702. The molecule has 0 aliphatic rings.